The zero-order valence-corrected chi connectivity index (χ0v) is 24.2. The van der Waals surface area contributed by atoms with Crippen molar-refractivity contribution in [2.24, 2.45) is 17.8 Å². The molecule has 212 valence electrons. The molecule has 3 aromatic rings. The van der Waals surface area contributed by atoms with E-state index in [4.69, 9.17) is 4.74 Å². The minimum absolute atomic E-state index is 0.111. The van der Waals surface area contributed by atoms with Crippen LogP contribution in [0.15, 0.2) is 71.1 Å². The Morgan fingerprint density at radius 1 is 1.05 bits per heavy atom. The van der Waals surface area contributed by atoms with E-state index in [1.807, 2.05) is 61.7 Å². The highest BCUT2D eigenvalue weighted by atomic mass is 32.1. The molecule has 1 aromatic heterocycles. The summed E-state index contributed by atoms with van der Waals surface area (Å²) in [5.41, 5.74) is 6.85. The average molecular weight is 570 g/mol. The number of aromatic hydroxyl groups is 1. The number of likely N-dealkylation sites (tertiary alicyclic amines) is 1. The summed E-state index contributed by atoms with van der Waals surface area (Å²) < 4.78 is 6.35. The first-order valence-corrected chi connectivity index (χ1v) is 15.1. The zero-order chi connectivity index (χ0) is 28.7. The molecule has 0 saturated carbocycles. The minimum Gasteiger partial charge on any atom is -0.507 e. The lowest BCUT2D eigenvalue weighted by molar-refractivity contribution is -0.140. The summed E-state index contributed by atoms with van der Waals surface area (Å²) in [5.74, 6) is -0.957. The molecule has 2 aromatic carbocycles. The fourth-order valence-corrected chi connectivity index (χ4v) is 7.60. The maximum atomic E-state index is 13.6. The Morgan fingerprint density at radius 2 is 1.80 bits per heavy atom. The molecular weight excluding hydrogens is 534 g/mol. The number of aliphatic hydroxyl groups is 1. The van der Waals surface area contributed by atoms with Crippen molar-refractivity contribution < 1.29 is 24.5 Å². The highest BCUT2D eigenvalue weighted by molar-refractivity contribution is 7.09. The highest BCUT2D eigenvalue weighted by Crippen LogP contribution is 2.50. The van der Waals surface area contributed by atoms with E-state index in [-0.39, 0.29) is 30.4 Å². The van der Waals surface area contributed by atoms with Gasteiger partial charge in [-0.05, 0) is 95.7 Å². The Balaban J connectivity index is 1.26. The van der Waals surface area contributed by atoms with Gasteiger partial charge in [0.25, 0.3) is 0 Å². The van der Waals surface area contributed by atoms with Gasteiger partial charge in [-0.25, -0.2) is 0 Å². The normalized spacial score (nSPS) is 24.3. The van der Waals surface area contributed by atoms with Crippen LogP contribution in [-0.4, -0.2) is 46.2 Å². The maximum Gasteiger partial charge on any atom is 0.234 e. The Bertz CT molecular complexity index is 1500. The van der Waals surface area contributed by atoms with Crippen LogP contribution in [0.4, 0.5) is 0 Å². The number of phenols is 1. The molecule has 0 unspecified atom stereocenters. The number of thiophene rings is 1. The van der Waals surface area contributed by atoms with Gasteiger partial charge >= 0.3 is 0 Å². The van der Waals surface area contributed by atoms with Gasteiger partial charge < -0.3 is 14.9 Å². The second-order valence-corrected chi connectivity index (χ2v) is 12.4. The summed E-state index contributed by atoms with van der Waals surface area (Å²) in [6.45, 7) is 4.38. The number of aryl methyl sites for hydroxylation is 2. The molecule has 6 rings (SSSR count). The molecule has 3 heterocycles. The first-order chi connectivity index (χ1) is 19.9. The summed E-state index contributed by atoms with van der Waals surface area (Å²) in [7, 11) is 0. The van der Waals surface area contributed by atoms with Crippen molar-refractivity contribution in [3.63, 3.8) is 0 Å². The van der Waals surface area contributed by atoms with E-state index >= 15 is 0 Å². The molecule has 4 atom stereocenters. The number of allylic oxidation sites excluding steroid dienone is 1. The molecule has 7 heteroatoms. The minimum atomic E-state index is -0.429. The van der Waals surface area contributed by atoms with Crippen LogP contribution in [0, 0.1) is 31.6 Å². The number of nitrogens with zero attached hydrogens (tertiary/aromatic N) is 1. The number of fused-ring (bicyclic) bond motifs is 3. The van der Waals surface area contributed by atoms with Crippen molar-refractivity contribution in [3.8, 4) is 5.75 Å². The van der Waals surface area contributed by atoms with Gasteiger partial charge in [0.05, 0.1) is 37.7 Å². The molecule has 2 aliphatic heterocycles. The quantitative estimate of drug-likeness (QED) is 0.200. The van der Waals surface area contributed by atoms with Gasteiger partial charge in [0, 0.05) is 10.8 Å². The molecule has 3 aliphatic rings. The second-order valence-electron chi connectivity index (χ2n) is 11.4. The largest absolute Gasteiger partial charge is 0.507 e. The van der Waals surface area contributed by atoms with E-state index in [9.17, 15) is 19.8 Å². The molecular formula is C34H35NO5S. The van der Waals surface area contributed by atoms with Gasteiger partial charge in [-0.15, -0.1) is 11.3 Å². The number of benzene rings is 2. The molecule has 2 fully saturated rings. The van der Waals surface area contributed by atoms with Gasteiger partial charge in [0.15, 0.2) is 0 Å². The van der Waals surface area contributed by atoms with E-state index in [2.05, 4.69) is 18.2 Å². The summed E-state index contributed by atoms with van der Waals surface area (Å²) in [5, 5.41) is 22.6. The number of rotatable bonds is 8. The lowest BCUT2D eigenvalue weighted by atomic mass is 9.69. The first-order valence-electron chi connectivity index (χ1n) is 14.2. The number of imide groups is 1. The third-order valence-electron chi connectivity index (χ3n) is 8.86. The van der Waals surface area contributed by atoms with Gasteiger partial charge in [-0.2, -0.15) is 0 Å². The molecule has 41 heavy (non-hydrogen) atoms. The van der Waals surface area contributed by atoms with Crippen LogP contribution >= 0.6 is 11.3 Å². The van der Waals surface area contributed by atoms with Crippen molar-refractivity contribution >= 4 is 34.8 Å². The molecule has 2 N–H and O–H groups in total. The Hall–Kier alpha value is -3.52. The van der Waals surface area contributed by atoms with Gasteiger partial charge in [0.1, 0.15) is 5.75 Å². The fourth-order valence-electron chi connectivity index (χ4n) is 6.91. The number of aliphatic hydroxyl groups excluding tert-OH is 1. The number of ether oxygens (including phenoxy) is 1. The topological polar surface area (TPSA) is 87.1 Å². The smallest absolute Gasteiger partial charge is 0.234 e. The van der Waals surface area contributed by atoms with Crippen molar-refractivity contribution in [1.82, 2.24) is 4.90 Å². The lowest BCUT2D eigenvalue weighted by Crippen LogP contribution is -2.34. The zero-order valence-electron chi connectivity index (χ0n) is 23.4. The lowest BCUT2D eigenvalue weighted by Gasteiger charge is -2.31. The molecule has 1 aliphatic carbocycles. The van der Waals surface area contributed by atoms with Crippen LogP contribution in [0.2, 0.25) is 0 Å². The number of hydrogen-bond acceptors (Lipinski definition) is 6. The molecule has 0 bridgehead atoms. The Kier molecular flexibility index (Phi) is 7.68. The van der Waals surface area contributed by atoms with Gasteiger partial charge in [0.2, 0.25) is 11.8 Å². The average Bonchev–Trinajstić information content (AvgIpc) is 3.70. The summed E-state index contributed by atoms with van der Waals surface area (Å²) >= 11 is 1.54. The van der Waals surface area contributed by atoms with Gasteiger partial charge in [-0.1, -0.05) is 42.5 Å². The first kappa shape index (κ1) is 27.6. The molecule has 2 saturated heterocycles. The second kappa shape index (κ2) is 11.4. The van der Waals surface area contributed by atoms with Crippen LogP contribution < -0.4 is 0 Å². The monoisotopic (exact) mass is 569 g/mol. The number of hydrogen-bond donors (Lipinski definition) is 2. The number of carbonyl (C=O) groups excluding carboxylic acids is 2. The van der Waals surface area contributed by atoms with Crippen molar-refractivity contribution in [1.29, 1.82) is 0 Å². The molecule has 0 spiro atoms. The third-order valence-corrected chi connectivity index (χ3v) is 9.72. The SMILES string of the molecule is Cc1cc(/C=C(/CC[C@H]2OC[C@H]3C2=C(CO)C[C@H]2C(=O)N(Cc4cccs4)C(=O)[C@H]23)c2ccccc2)cc(C)c1O. The van der Waals surface area contributed by atoms with Crippen LogP contribution in [0.5, 0.6) is 5.75 Å². The predicted octanol–water partition coefficient (Wildman–Crippen LogP) is 5.90. The van der Waals surface area contributed by atoms with Gasteiger partial charge in [-0.3, -0.25) is 14.5 Å². The van der Waals surface area contributed by atoms with E-state index < -0.39 is 11.8 Å². The summed E-state index contributed by atoms with van der Waals surface area (Å²) in [4.78, 5) is 29.4. The van der Waals surface area contributed by atoms with Crippen LogP contribution in [0.25, 0.3) is 11.6 Å². The molecule has 2 amide bonds. The van der Waals surface area contributed by atoms with E-state index in [1.165, 1.54) is 4.90 Å². The number of carbonyl (C=O) groups is 2. The number of amides is 2. The third kappa shape index (κ3) is 5.18. The molecule has 0 radical (unpaired) electrons. The number of phenolic OH excluding ortho intramolecular Hbond substituents is 1. The van der Waals surface area contributed by atoms with Crippen molar-refractivity contribution in [3.05, 3.63) is 98.3 Å². The van der Waals surface area contributed by atoms with E-state index in [1.54, 1.807) is 11.3 Å². The summed E-state index contributed by atoms with van der Waals surface area (Å²) in [6.07, 6.45) is 3.79. The Morgan fingerprint density at radius 3 is 2.49 bits per heavy atom. The highest BCUT2D eigenvalue weighted by Gasteiger charge is 2.56. The predicted molar refractivity (Wildman–Crippen MR) is 160 cm³/mol. The summed E-state index contributed by atoms with van der Waals surface area (Å²) in [6, 6.07) is 18.1. The van der Waals surface area contributed by atoms with Crippen molar-refractivity contribution in [2.75, 3.05) is 13.2 Å². The van der Waals surface area contributed by atoms with E-state index in [0.29, 0.717) is 31.7 Å². The standard InChI is InChI=1S/C34H35NO5S/c1-20-13-22(14-21(2)32(20)37)15-24(23-7-4-3-5-8-23)10-11-29-30-25(18-36)16-27-31(28(30)19-40-29)34(39)35(33(27)38)17-26-9-6-12-41-26/h3-9,12-15,27-29,31,36-37H,10-11,16-19H2,1-2H3/b24-15-/t27-,28+,29-,31-/m1/s1. The van der Waals surface area contributed by atoms with Crippen LogP contribution in [-0.2, 0) is 20.9 Å². The van der Waals surface area contributed by atoms with E-state index in [0.717, 1.165) is 50.3 Å². The van der Waals surface area contributed by atoms with Crippen LogP contribution in [0.1, 0.15) is 46.4 Å². The molecule has 6 nitrogen and oxygen atoms in total. The van der Waals surface area contributed by atoms with Crippen LogP contribution in [0.3, 0.4) is 0 Å². The maximum absolute atomic E-state index is 13.6. The Labute approximate surface area is 244 Å². The fraction of sp³-hybridized carbons (Fsp3) is 0.353. The van der Waals surface area contributed by atoms with Crippen molar-refractivity contribution in [2.45, 2.75) is 45.8 Å².